The summed E-state index contributed by atoms with van der Waals surface area (Å²) < 4.78 is 0. The van der Waals surface area contributed by atoms with Gasteiger partial charge in [0.05, 0.1) is 0 Å². The van der Waals surface area contributed by atoms with Crippen molar-refractivity contribution in [3.63, 3.8) is 0 Å². The summed E-state index contributed by atoms with van der Waals surface area (Å²) >= 11 is 0. The highest BCUT2D eigenvalue weighted by molar-refractivity contribution is 6.74. The van der Waals surface area contributed by atoms with Crippen LogP contribution in [0.2, 0.25) is 27.3 Å². The molecule has 0 aromatic heterocycles. The van der Waals surface area contributed by atoms with Crippen LogP contribution in [0.1, 0.15) is 12.5 Å². The third-order valence-corrected chi connectivity index (χ3v) is 2.84. The SMILES string of the molecule is CCc1ccc(B(C)C)cc1B(C)C. The molecule has 0 aliphatic heterocycles. The topological polar surface area (TPSA) is 0 Å². The first kappa shape index (κ1) is 11.4. The summed E-state index contributed by atoms with van der Waals surface area (Å²) in [5, 5.41) is 0. The number of hydrogen-bond acceptors (Lipinski definition) is 0. The summed E-state index contributed by atoms with van der Waals surface area (Å²) in [5.74, 6) is 0. The second-order valence-electron chi connectivity index (χ2n) is 4.62. The lowest BCUT2D eigenvalue weighted by atomic mass is 9.44. The molecule has 0 nitrogen and oxygen atoms in total. The summed E-state index contributed by atoms with van der Waals surface area (Å²) in [7, 11) is 0. The van der Waals surface area contributed by atoms with Crippen LogP contribution in [0, 0.1) is 0 Å². The van der Waals surface area contributed by atoms with Crippen molar-refractivity contribution in [2.75, 3.05) is 0 Å². The van der Waals surface area contributed by atoms with Crippen LogP contribution in [0.4, 0.5) is 0 Å². The standard InChI is InChI=1S/C12H20B2/c1-6-10-7-8-11(13(2)3)9-12(10)14(4)5/h7-9H,6H2,1-5H3. The van der Waals surface area contributed by atoms with Gasteiger partial charge in [-0.25, -0.2) is 0 Å². The van der Waals surface area contributed by atoms with Crippen molar-refractivity contribution in [2.24, 2.45) is 0 Å². The minimum absolute atomic E-state index is 0.637. The summed E-state index contributed by atoms with van der Waals surface area (Å²) in [5.41, 5.74) is 4.49. The normalized spacial score (nSPS) is 10.1. The van der Waals surface area contributed by atoms with E-state index in [2.05, 4.69) is 52.4 Å². The predicted octanol–water partition coefficient (Wildman–Crippen LogP) is 2.17. The molecule has 0 amide bonds. The molecule has 0 atom stereocenters. The van der Waals surface area contributed by atoms with Gasteiger partial charge in [-0.1, -0.05) is 68.9 Å². The van der Waals surface area contributed by atoms with E-state index in [0.717, 1.165) is 6.42 Å². The van der Waals surface area contributed by atoms with E-state index < -0.39 is 0 Å². The van der Waals surface area contributed by atoms with Gasteiger partial charge in [-0.3, -0.25) is 0 Å². The van der Waals surface area contributed by atoms with E-state index >= 15 is 0 Å². The van der Waals surface area contributed by atoms with Crippen LogP contribution < -0.4 is 10.9 Å². The maximum Gasteiger partial charge on any atom is 0.169 e. The lowest BCUT2D eigenvalue weighted by Crippen LogP contribution is -2.34. The molecule has 0 radical (unpaired) electrons. The van der Waals surface area contributed by atoms with Crippen LogP contribution in [-0.2, 0) is 6.42 Å². The third-order valence-electron chi connectivity index (χ3n) is 2.84. The maximum atomic E-state index is 2.38. The summed E-state index contributed by atoms with van der Waals surface area (Å²) in [4.78, 5) is 0. The van der Waals surface area contributed by atoms with Gasteiger partial charge in [0.15, 0.2) is 13.4 Å². The van der Waals surface area contributed by atoms with E-state index in [1.165, 1.54) is 16.5 Å². The van der Waals surface area contributed by atoms with E-state index in [4.69, 9.17) is 0 Å². The van der Waals surface area contributed by atoms with Crippen LogP contribution in [0.15, 0.2) is 18.2 Å². The van der Waals surface area contributed by atoms with Gasteiger partial charge in [-0.15, -0.1) is 0 Å². The van der Waals surface area contributed by atoms with E-state index in [1.54, 1.807) is 0 Å². The Kier molecular flexibility index (Phi) is 3.86. The fourth-order valence-corrected chi connectivity index (χ4v) is 1.83. The Labute approximate surface area is 89.3 Å². The Morgan fingerprint density at radius 3 is 2.07 bits per heavy atom. The quantitative estimate of drug-likeness (QED) is 0.634. The molecule has 0 spiro atoms. The molecule has 2 heteroatoms. The molecule has 1 rings (SSSR count). The number of rotatable bonds is 3. The Hall–Kier alpha value is -0.650. The third kappa shape index (κ3) is 2.43. The number of hydrogen-bond donors (Lipinski definition) is 0. The first-order valence-corrected chi connectivity index (χ1v) is 5.69. The van der Waals surface area contributed by atoms with Gasteiger partial charge in [0.25, 0.3) is 0 Å². The zero-order valence-corrected chi connectivity index (χ0v) is 10.1. The number of benzene rings is 1. The lowest BCUT2D eigenvalue weighted by molar-refractivity contribution is 1.15. The summed E-state index contributed by atoms with van der Waals surface area (Å²) in [6.07, 6.45) is 1.14. The Balaban J connectivity index is 3.14. The molecular weight excluding hydrogens is 166 g/mol. The monoisotopic (exact) mass is 186 g/mol. The molecule has 0 aliphatic carbocycles. The molecule has 0 saturated carbocycles. The molecule has 0 saturated heterocycles. The van der Waals surface area contributed by atoms with Crippen molar-refractivity contribution < 1.29 is 0 Å². The fourth-order valence-electron chi connectivity index (χ4n) is 1.83. The van der Waals surface area contributed by atoms with Gasteiger partial charge in [0, 0.05) is 0 Å². The second kappa shape index (κ2) is 4.72. The highest BCUT2D eigenvalue weighted by Crippen LogP contribution is 1.99. The summed E-state index contributed by atoms with van der Waals surface area (Å²) in [6.45, 7) is 12.6. The lowest BCUT2D eigenvalue weighted by Gasteiger charge is -2.13. The van der Waals surface area contributed by atoms with Crippen LogP contribution in [0.5, 0.6) is 0 Å². The van der Waals surface area contributed by atoms with Crippen molar-refractivity contribution in [1.29, 1.82) is 0 Å². The molecule has 0 aliphatic rings. The Morgan fingerprint density at radius 2 is 1.64 bits per heavy atom. The van der Waals surface area contributed by atoms with Gasteiger partial charge < -0.3 is 0 Å². The predicted molar refractivity (Wildman–Crippen MR) is 70.1 cm³/mol. The fraction of sp³-hybridized carbons (Fsp3) is 0.500. The van der Waals surface area contributed by atoms with E-state index in [1.807, 2.05) is 0 Å². The molecule has 0 heterocycles. The largest absolute Gasteiger partial charge is 0.169 e. The number of aryl methyl sites for hydroxylation is 1. The smallest absolute Gasteiger partial charge is 0.0819 e. The minimum atomic E-state index is 0.637. The van der Waals surface area contributed by atoms with Crippen LogP contribution >= 0.6 is 0 Å². The summed E-state index contributed by atoms with van der Waals surface area (Å²) in [6, 6.07) is 6.95. The highest BCUT2D eigenvalue weighted by atomic mass is 14.0. The molecule has 14 heavy (non-hydrogen) atoms. The van der Waals surface area contributed by atoms with Crippen LogP contribution in [0.25, 0.3) is 0 Å². The highest BCUT2D eigenvalue weighted by Gasteiger charge is 2.11. The minimum Gasteiger partial charge on any atom is -0.0819 e. The van der Waals surface area contributed by atoms with E-state index in [-0.39, 0.29) is 0 Å². The molecular formula is C12H20B2. The van der Waals surface area contributed by atoms with Gasteiger partial charge in [-0.2, -0.15) is 0 Å². The van der Waals surface area contributed by atoms with Gasteiger partial charge in [-0.05, 0) is 6.42 Å². The Morgan fingerprint density at radius 1 is 1.00 bits per heavy atom. The molecule has 1 aromatic carbocycles. The van der Waals surface area contributed by atoms with E-state index in [9.17, 15) is 0 Å². The first-order valence-electron chi connectivity index (χ1n) is 5.69. The first-order chi connectivity index (χ1) is 6.56. The van der Waals surface area contributed by atoms with Crippen molar-refractivity contribution >= 4 is 24.4 Å². The molecule has 0 fully saturated rings. The molecule has 74 valence electrons. The van der Waals surface area contributed by atoms with Crippen LogP contribution in [0.3, 0.4) is 0 Å². The van der Waals surface area contributed by atoms with Crippen molar-refractivity contribution in [3.8, 4) is 0 Å². The second-order valence-corrected chi connectivity index (χ2v) is 4.62. The van der Waals surface area contributed by atoms with Gasteiger partial charge in [0.1, 0.15) is 0 Å². The van der Waals surface area contributed by atoms with Crippen molar-refractivity contribution in [1.82, 2.24) is 0 Å². The maximum absolute atomic E-state index is 2.38. The zero-order chi connectivity index (χ0) is 10.7. The molecule has 0 N–H and O–H groups in total. The van der Waals surface area contributed by atoms with Crippen LogP contribution in [-0.4, -0.2) is 13.4 Å². The Bertz CT molecular complexity index is 303. The molecule has 1 aromatic rings. The van der Waals surface area contributed by atoms with Gasteiger partial charge >= 0.3 is 0 Å². The van der Waals surface area contributed by atoms with Gasteiger partial charge in [0.2, 0.25) is 0 Å². The molecule has 0 bridgehead atoms. The average Bonchev–Trinajstić information content (AvgIpc) is 2.16. The van der Waals surface area contributed by atoms with Crippen molar-refractivity contribution in [3.05, 3.63) is 23.8 Å². The van der Waals surface area contributed by atoms with Crippen molar-refractivity contribution in [2.45, 2.75) is 40.6 Å². The average molecular weight is 186 g/mol. The zero-order valence-electron chi connectivity index (χ0n) is 10.1. The van der Waals surface area contributed by atoms with E-state index in [0.29, 0.717) is 13.4 Å². The molecule has 0 unspecified atom stereocenters.